The second-order valence-corrected chi connectivity index (χ2v) is 8.93. The molecule has 3 heteroatoms. The number of allylic oxidation sites excluding steroid dienone is 2. The zero-order valence-electron chi connectivity index (χ0n) is 21.4. The molecule has 4 aromatic carbocycles. The number of nitrogens with one attached hydrogen (secondary N) is 1. The minimum Gasteiger partial charge on any atom is -0.294 e. The highest BCUT2D eigenvalue weighted by molar-refractivity contribution is 5.96. The largest absolute Gasteiger partial charge is 0.294 e. The average molecular weight is 474 g/mol. The first kappa shape index (κ1) is 25.3. The third kappa shape index (κ3) is 5.71. The van der Waals surface area contributed by atoms with Gasteiger partial charge in [0.15, 0.2) is 0 Å². The highest BCUT2D eigenvalue weighted by Crippen LogP contribution is 2.29. The summed E-state index contributed by atoms with van der Waals surface area (Å²) >= 11 is 0. The highest BCUT2D eigenvalue weighted by Gasteiger charge is 2.24. The molecule has 2 unspecified atom stereocenters. The van der Waals surface area contributed by atoms with E-state index in [0.717, 1.165) is 12.1 Å². The highest BCUT2D eigenvalue weighted by atomic mass is 15.3. The van der Waals surface area contributed by atoms with Gasteiger partial charge in [-0.2, -0.15) is 0 Å². The van der Waals surface area contributed by atoms with E-state index >= 15 is 0 Å². The number of hydrogen-bond donors (Lipinski definition) is 1. The van der Waals surface area contributed by atoms with E-state index in [1.807, 2.05) is 19.9 Å². The maximum absolute atomic E-state index is 4.48. The lowest BCUT2D eigenvalue weighted by Gasteiger charge is -2.34. The molecular weight excluding hydrogens is 438 g/mol. The van der Waals surface area contributed by atoms with Crippen LogP contribution in [0.15, 0.2) is 126 Å². The third-order valence-corrected chi connectivity index (χ3v) is 6.60. The molecule has 4 aromatic rings. The van der Waals surface area contributed by atoms with Crippen LogP contribution >= 0.6 is 0 Å². The van der Waals surface area contributed by atoms with Crippen LogP contribution in [0.4, 0.5) is 0 Å². The predicted molar refractivity (Wildman–Crippen MR) is 155 cm³/mol. The standard InChI is InChI=1S/C33H35N3/c1-5-14-26(6-2)32(34-3)36(4)33(28-17-8-7-9-18-28)35-24-25-15-12-20-29(23-25)31-22-13-19-27-16-10-11-21-30(27)31/h5-23,32-33,35H,3,24H2,1-2,4H3/b14-5-,26-6+. The Morgan fingerprint density at radius 3 is 2.39 bits per heavy atom. The van der Waals surface area contributed by atoms with E-state index in [2.05, 4.69) is 138 Å². The SMILES string of the molecule is C=NC(C(/C=C\C)=C/C)N(C)C(NCc1cccc(-c2cccc3ccccc23)c1)c1ccccc1. The maximum Gasteiger partial charge on any atom is 0.128 e. The van der Waals surface area contributed by atoms with Gasteiger partial charge in [0.2, 0.25) is 0 Å². The first-order valence-corrected chi connectivity index (χ1v) is 12.5. The van der Waals surface area contributed by atoms with Crippen LogP contribution in [0.5, 0.6) is 0 Å². The Bertz CT molecular complexity index is 1350. The van der Waals surface area contributed by atoms with Gasteiger partial charge in [-0.3, -0.25) is 15.2 Å². The van der Waals surface area contributed by atoms with Crippen molar-refractivity contribution in [3.8, 4) is 11.1 Å². The summed E-state index contributed by atoms with van der Waals surface area (Å²) in [5.41, 5.74) is 6.03. The molecular formula is C33H35N3. The van der Waals surface area contributed by atoms with Gasteiger partial charge in [-0.25, -0.2) is 0 Å². The van der Waals surface area contributed by atoms with Crippen LogP contribution in [0.25, 0.3) is 21.9 Å². The van der Waals surface area contributed by atoms with Crippen LogP contribution in [0.1, 0.15) is 31.1 Å². The summed E-state index contributed by atoms with van der Waals surface area (Å²) in [6.07, 6.45) is 6.05. The first-order valence-electron chi connectivity index (χ1n) is 12.5. The molecule has 0 aromatic heterocycles. The molecule has 4 rings (SSSR count). The summed E-state index contributed by atoms with van der Waals surface area (Å²) in [6, 6.07) is 34.4. The van der Waals surface area contributed by atoms with Crippen LogP contribution in [-0.4, -0.2) is 24.8 Å². The van der Waals surface area contributed by atoms with Crippen molar-refractivity contribution >= 4 is 17.5 Å². The Morgan fingerprint density at radius 1 is 0.917 bits per heavy atom. The van der Waals surface area contributed by atoms with Crippen LogP contribution in [-0.2, 0) is 6.54 Å². The molecule has 0 aliphatic carbocycles. The van der Waals surface area contributed by atoms with Gasteiger partial charge < -0.3 is 0 Å². The molecule has 3 nitrogen and oxygen atoms in total. The van der Waals surface area contributed by atoms with Crippen molar-refractivity contribution in [2.75, 3.05) is 7.05 Å². The van der Waals surface area contributed by atoms with Crippen molar-refractivity contribution in [2.45, 2.75) is 32.7 Å². The fourth-order valence-corrected chi connectivity index (χ4v) is 4.81. The van der Waals surface area contributed by atoms with Gasteiger partial charge in [0.25, 0.3) is 0 Å². The fourth-order valence-electron chi connectivity index (χ4n) is 4.81. The average Bonchev–Trinajstić information content (AvgIpc) is 2.93. The van der Waals surface area contributed by atoms with Crippen molar-refractivity contribution in [1.82, 2.24) is 10.2 Å². The summed E-state index contributed by atoms with van der Waals surface area (Å²) in [7, 11) is 2.10. The van der Waals surface area contributed by atoms with Crippen LogP contribution in [0, 0.1) is 0 Å². The number of benzene rings is 4. The minimum absolute atomic E-state index is 0.0388. The van der Waals surface area contributed by atoms with E-state index < -0.39 is 0 Å². The van der Waals surface area contributed by atoms with Crippen LogP contribution in [0.3, 0.4) is 0 Å². The van der Waals surface area contributed by atoms with E-state index in [1.165, 1.54) is 33.0 Å². The van der Waals surface area contributed by atoms with E-state index in [4.69, 9.17) is 0 Å². The second kappa shape index (κ2) is 12.3. The molecule has 0 heterocycles. The molecule has 182 valence electrons. The molecule has 0 saturated heterocycles. The maximum atomic E-state index is 4.48. The molecule has 0 aliphatic heterocycles. The third-order valence-electron chi connectivity index (χ3n) is 6.60. The number of nitrogens with zero attached hydrogens (tertiary/aromatic N) is 2. The lowest BCUT2D eigenvalue weighted by molar-refractivity contribution is 0.169. The molecule has 0 bridgehead atoms. The molecule has 0 saturated carbocycles. The second-order valence-electron chi connectivity index (χ2n) is 8.93. The zero-order valence-corrected chi connectivity index (χ0v) is 21.4. The van der Waals surface area contributed by atoms with Crippen molar-refractivity contribution < 1.29 is 0 Å². The lowest BCUT2D eigenvalue weighted by atomic mass is 9.97. The molecule has 0 spiro atoms. The number of aliphatic imine (C=N–C) groups is 1. The molecule has 1 N–H and O–H groups in total. The van der Waals surface area contributed by atoms with Crippen molar-refractivity contribution in [2.24, 2.45) is 4.99 Å². The van der Waals surface area contributed by atoms with Gasteiger partial charge in [0, 0.05) is 6.54 Å². The molecule has 0 amide bonds. The first-order chi connectivity index (χ1) is 17.7. The Hall–Kier alpha value is -3.79. The predicted octanol–water partition coefficient (Wildman–Crippen LogP) is 7.78. The van der Waals surface area contributed by atoms with Gasteiger partial charge in [0.1, 0.15) is 6.17 Å². The molecule has 0 fully saturated rings. The Kier molecular flexibility index (Phi) is 8.62. The van der Waals surface area contributed by atoms with Crippen molar-refractivity contribution in [1.29, 1.82) is 0 Å². The van der Waals surface area contributed by atoms with E-state index in [0.29, 0.717) is 0 Å². The quantitative estimate of drug-likeness (QED) is 0.145. The normalized spacial score (nSPS) is 13.8. The summed E-state index contributed by atoms with van der Waals surface area (Å²) in [6.45, 7) is 8.70. The number of fused-ring (bicyclic) bond motifs is 1. The number of likely N-dealkylation sites (N-methyl/N-ethyl adjacent to an activating group) is 1. The van der Waals surface area contributed by atoms with Crippen LogP contribution < -0.4 is 5.32 Å². The summed E-state index contributed by atoms with van der Waals surface area (Å²) in [5.74, 6) is 0. The van der Waals surface area contributed by atoms with E-state index in [9.17, 15) is 0 Å². The van der Waals surface area contributed by atoms with Crippen molar-refractivity contribution in [3.05, 3.63) is 132 Å². The van der Waals surface area contributed by atoms with E-state index in [1.54, 1.807) is 0 Å². The van der Waals surface area contributed by atoms with Gasteiger partial charge in [-0.05, 0) is 72.3 Å². The summed E-state index contributed by atoms with van der Waals surface area (Å²) < 4.78 is 0. The number of hydrogen-bond acceptors (Lipinski definition) is 3. The Balaban J connectivity index is 1.62. The zero-order chi connectivity index (χ0) is 25.3. The molecule has 2 atom stereocenters. The van der Waals surface area contributed by atoms with Gasteiger partial charge in [0.05, 0.1) is 6.17 Å². The minimum atomic E-state index is -0.161. The fraction of sp³-hybridized carbons (Fsp3) is 0.182. The smallest absolute Gasteiger partial charge is 0.128 e. The van der Waals surface area contributed by atoms with Gasteiger partial charge in [-0.1, -0.05) is 109 Å². The van der Waals surface area contributed by atoms with Gasteiger partial charge in [-0.15, -0.1) is 0 Å². The molecule has 36 heavy (non-hydrogen) atoms. The molecule has 0 aliphatic rings. The molecule has 0 radical (unpaired) electrons. The Labute approximate surface area is 215 Å². The summed E-state index contributed by atoms with van der Waals surface area (Å²) in [5, 5.41) is 6.32. The number of rotatable bonds is 10. The van der Waals surface area contributed by atoms with E-state index in [-0.39, 0.29) is 12.3 Å². The summed E-state index contributed by atoms with van der Waals surface area (Å²) in [4.78, 5) is 6.72. The monoisotopic (exact) mass is 473 g/mol. The van der Waals surface area contributed by atoms with Gasteiger partial charge >= 0.3 is 0 Å². The van der Waals surface area contributed by atoms with Crippen molar-refractivity contribution in [3.63, 3.8) is 0 Å². The van der Waals surface area contributed by atoms with Crippen LogP contribution in [0.2, 0.25) is 0 Å². The topological polar surface area (TPSA) is 27.6 Å². The Morgan fingerprint density at radius 2 is 1.64 bits per heavy atom. The lowest BCUT2D eigenvalue weighted by Crippen LogP contribution is -2.42.